The summed E-state index contributed by atoms with van der Waals surface area (Å²) in [6.45, 7) is -0.162. The Morgan fingerprint density at radius 1 is 1.29 bits per heavy atom. The van der Waals surface area contributed by atoms with Crippen molar-refractivity contribution in [1.82, 2.24) is 4.98 Å². The first-order valence-corrected chi connectivity index (χ1v) is 11.8. The summed E-state index contributed by atoms with van der Waals surface area (Å²) in [4.78, 5) is 17.4. The van der Waals surface area contributed by atoms with Crippen LogP contribution in [-0.4, -0.2) is 30.7 Å². The molecule has 1 atom stereocenters. The molecule has 0 saturated heterocycles. The number of aliphatic hydroxyl groups is 1. The molecule has 1 aromatic carbocycles. The van der Waals surface area contributed by atoms with Crippen molar-refractivity contribution in [3.8, 4) is 0 Å². The fourth-order valence-corrected chi connectivity index (χ4v) is 4.89. The van der Waals surface area contributed by atoms with E-state index in [1.807, 2.05) is 0 Å². The average Bonchev–Trinajstić information content (AvgIpc) is 3.30. The molecule has 1 unspecified atom stereocenters. The molecule has 154 valence electrons. The van der Waals surface area contributed by atoms with Gasteiger partial charge in [0.1, 0.15) is 0 Å². The van der Waals surface area contributed by atoms with Gasteiger partial charge in [-0.25, -0.2) is 13.4 Å². The van der Waals surface area contributed by atoms with Gasteiger partial charge in [0.25, 0.3) is 0 Å². The summed E-state index contributed by atoms with van der Waals surface area (Å²) in [7, 11) is -3.27. The zero-order chi connectivity index (χ0) is 19.4. The lowest BCUT2D eigenvalue weighted by Gasteiger charge is -2.20. The number of aliphatic hydroxyl groups excluding tert-OH is 1. The minimum absolute atomic E-state index is 0. The molecule has 1 heterocycles. The number of hydrogen-bond donors (Lipinski definition) is 2. The van der Waals surface area contributed by atoms with E-state index in [-0.39, 0.29) is 30.8 Å². The highest BCUT2D eigenvalue weighted by molar-refractivity contribution is 7.90. The number of hydrogen-bond acceptors (Lipinski definition) is 6. The summed E-state index contributed by atoms with van der Waals surface area (Å²) in [5.41, 5.74) is 1.34. The van der Waals surface area contributed by atoms with Crippen molar-refractivity contribution in [1.29, 1.82) is 0 Å². The van der Waals surface area contributed by atoms with Crippen LogP contribution >= 0.6 is 11.3 Å². The number of carbonyl (C=O) groups is 1. The Bertz CT molecular complexity index is 885. The minimum atomic E-state index is -3.27. The second kappa shape index (κ2) is 9.62. The summed E-state index contributed by atoms with van der Waals surface area (Å²) in [6.07, 6.45) is 6.54. The Hall–Kier alpha value is -1.77. The highest BCUT2D eigenvalue weighted by Crippen LogP contribution is 2.35. The van der Waals surface area contributed by atoms with Crippen LogP contribution in [0, 0.1) is 5.92 Å². The number of aromatic nitrogens is 1. The van der Waals surface area contributed by atoms with Crippen LogP contribution in [0.25, 0.3) is 0 Å². The molecule has 0 spiro atoms. The van der Waals surface area contributed by atoms with Gasteiger partial charge in [0.05, 0.1) is 23.1 Å². The van der Waals surface area contributed by atoms with Crippen molar-refractivity contribution >= 4 is 32.2 Å². The lowest BCUT2D eigenvalue weighted by molar-refractivity contribution is -0.118. The Labute approximate surface area is 170 Å². The molecule has 1 aliphatic carbocycles. The molecule has 1 saturated carbocycles. The minimum Gasteiger partial charge on any atom is -0.390 e. The van der Waals surface area contributed by atoms with Crippen LogP contribution in [0.15, 0.2) is 34.5 Å². The Morgan fingerprint density at radius 2 is 1.93 bits per heavy atom. The van der Waals surface area contributed by atoms with Crippen molar-refractivity contribution in [3.05, 3.63) is 40.9 Å². The maximum Gasteiger partial charge on any atom is 0.233 e. The third kappa shape index (κ3) is 5.62. The third-order valence-corrected chi connectivity index (χ3v) is 6.95. The second-order valence-electron chi connectivity index (χ2n) is 7.07. The molecule has 0 radical (unpaired) electrons. The van der Waals surface area contributed by atoms with Gasteiger partial charge in [0.15, 0.2) is 15.0 Å². The summed E-state index contributed by atoms with van der Waals surface area (Å²) < 4.78 is 23.4. The number of sulfone groups is 1. The van der Waals surface area contributed by atoms with E-state index in [9.17, 15) is 13.2 Å². The molecule has 8 heteroatoms. The second-order valence-corrected chi connectivity index (χ2v) is 9.95. The Kier molecular flexibility index (Phi) is 7.74. The van der Waals surface area contributed by atoms with Crippen LogP contribution in [0.1, 0.15) is 56.7 Å². The topological polar surface area (TPSA) is 96.4 Å². The fraction of sp³-hybridized carbons (Fsp3) is 0.500. The monoisotopic (exact) mass is 424 g/mol. The lowest BCUT2D eigenvalue weighted by atomic mass is 9.87. The van der Waals surface area contributed by atoms with Gasteiger partial charge in [0, 0.05) is 11.6 Å². The maximum atomic E-state index is 13.0. The third-order valence-electron chi connectivity index (χ3n) is 5.01. The number of carbonyl (C=O) groups excluding carboxylic acids is 1. The van der Waals surface area contributed by atoms with Gasteiger partial charge in [-0.2, -0.15) is 0 Å². The van der Waals surface area contributed by atoms with E-state index in [0.717, 1.165) is 24.8 Å². The smallest absolute Gasteiger partial charge is 0.233 e. The summed E-state index contributed by atoms with van der Waals surface area (Å²) >= 11 is 1.28. The number of rotatable bonds is 7. The molecule has 1 amide bonds. The largest absolute Gasteiger partial charge is 0.390 e. The van der Waals surface area contributed by atoms with Gasteiger partial charge >= 0.3 is 0 Å². The van der Waals surface area contributed by atoms with Gasteiger partial charge in [0.2, 0.25) is 5.91 Å². The van der Waals surface area contributed by atoms with Crippen molar-refractivity contribution in [2.24, 2.45) is 5.92 Å². The number of nitrogens with zero attached hydrogens (tertiary/aromatic N) is 1. The van der Waals surface area contributed by atoms with E-state index in [1.54, 1.807) is 29.6 Å². The average molecular weight is 425 g/mol. The molecule has 1 aliphatic rings. The van der Waals surface area contributed by atoms with Crippen LogP contribution < -0.4 is 5.32 Å². The molecule has 28 heavy (non-hydrogen) atoms. The summed E-state index contributed by atoms with van der Waals surface area (Å²) in [5, 5.41) is 14.2. The maximum absolute atomic E-state index is 13.0. The van der Waals surface area contributed by atoms with Crippen molar-refractivity contribution in [3.63, 3.8) is 0 Å². The number of amides is 1. The fourth-order valence-electron chi connectivity index (χ4n) is 3.55. The number of nitrogens with one attached hydrogen (secondary N) is 1. The van der Waals surface area contributed by atoms with Gasteiger partial charge in [-0.1, -0.05) is 45.2 Å². The zero-order valence-electron chi connectivity index (χ0n) is 15.2. The summed E-state index contributed by atoms with van der Waals surface area (Å²) in [6, 6.07) is 6.59. The lowest BCUT2D eigenvalue weighted by Crippen LogP contribution is -2.23. The molecule has 2 N–H and O–H groups in total. The Morgan fingerprint density at radius 3 is 2.46 bits per heavy atom. The molecule has 3 rings (SSSR count). The van der Waals surface area contributed by atoms with E-state index in [2.05, 4.69) is 10.3 Å². The normalized spacial score (nSPS) is 15.8. The van der Waals surface area contributed by atoms with Crippen molar-refractivity contribution < 1.29 is 18.3 Å². The van der Waals surface area contributed by atoms with Crippen LogP contribution in [0.3, 0.4) is 0 Å². The van der Waals surface area contributed by atoms with Gasteiger partial charge in [-0.15, -0.1) is 11.3 Å². The molecule has 6 nitrogen and oxygen atoms in total. The van der Waals surface area contributed by atoms with Crippen LogP contribution in [0.5, 0.6) is 0 Å². The van der Waals surface area contributed by atoms with E-state index >= 15 is 0 Å². The van der Waals surface area contributed by atoms with Crippen LogP contribution in [-0.2, 0) is 21.2 Å². The first kappa shape index (κ1) is 22.5. The highest BCUT2D eigenvalue weighted by Gasteiger charge is 2.27. The van der Waals surface area contributed by atoms with Crippen LogP contribution in [0.2, 0.25) is 0 Å². The number of benzene rings is 1. The van der Waals surface area contributed by atoms with Crippen LogP contribution in [0.4, 0.5) is 5.13 Å². The number of thiazole rings is 1. The Balaban J connectivity index is 0.00000280. The molecule has 1 aromatic heterocycles. The van der Waals surface area contributed by atoms with Crippen molar-refractivity contribution in [2.75, 3.05) is 11.6 Å². The van der Waals surface area contributed by atoms with E-state index in [0.29, 0.717) is 16.7 Å². The predicted octanol–water partition coefficient (Wildman–Crippen LogP) is 3.98. The predicted molar refractivity (Wildman–Crippen MR) is 112 cm³/mol. The molecule has 0 bridgehead atoms. The zero-order valence-corrected chi connectivity index (χ0v) is 16.9. The standard InChI is InChI=1S/C19H24N2O4S2.CH4/c1-27(24,25)16-8-6-14(7-9-16)17(10-13-4-2-3-5-13)18(23)21-19-20-15(11-22)12-26-19;/h6-9,12-13,17,22H,2-5,10-11H2,1H3,(H,20,21,23);1H4. The molecule has 0 aliphatic heterocycles. The van der Waals surface area contributed by atoms with E-state index in [4.69, 9.17) is 5.11 Å². The first-order chi connectivity index (χ1) is 12.9. The molecule has 2 aromatic rings. The van der Waals surface area contributed by atoms with E-state index < -0.39 is 9.84 Å². The van der Waals surface area contributed by atoms with Gasteiger partial charge in [-0.3, -0.25) is 4.79 Å². The summed E-state index contributed by atoms with van der Waals surface area (Å²) in [5.74, 6) is -0.00401. The number of anilines is 1. The quantitative estimate of drug-likeness (QED) is 0.701. The molecular weight excluding hydrogens is 396 g/mol. The molecule has 1 fully saturated rings. The molecular formula is C20H28N2O4S2. The first-order valence-electron chi connectivity index (χ1n) is 9.03. The highest BCUT2D eigenvalue weighted by atomic mass is 32.2. The SMILES string of the molecule is C.CS(=O)(=O)c1ccc(C(CC2CCCC2)C(=O)Nc2nc(CO)cs2)cc1. The van der Waals surface area contributed by atoms with Gasteiger partial charge < -0.3 is 10.4 Å². The van der Waals surface area contributed by atoms with Crippen molar-refractivity contribution in [2.45, 2.75) is 57.0 Å². The van der Waals surface area contributed by atoms with Gasteiger partial charge in [-0.05, 0) is 30.0 Å². The van der Waals surface area contributed by atoms with E-state index in [1.165, 1.54) is 30.4 Å².